The molecule has 1 heterocycles. The van der Waals surface area contributed by atoms with E-state index in [1.54, 1.807) is 0 Å². The summed E-state index contributed by atoms with van der Waals surface area (Å²) >= 11 is 0. The number of fused-ring (bicyclic) bond motifs is 1. The Balaban J connectivity index is 1.64. The van der Waals surface area contributed by atoms with E-state index in [0.717, 1.165) is 27.6 Å². The second-order valence-electron chi connectivity index (χ2n) is 9.39. The van der Waals surface area contributed by atoms with Crippen molar-refractivity contribution in [3.8, 4) is 11.5 Å². The average Bonchev–Trinajstić information content (AvgIpc) is 2.82. The predicted octanol–water partition coefficient (Wildman–Crippen LogP) is 4.76. The Bertz CT molecular complexity index is 1360. The summed E-state index contributed by atoms with van der Waals surface area (Å²) in [7, 11) is -2.67. The Hall–Kier alpha value is -3.59. The Labute approximate surface area is 210 Å². The van der Waals surface area contributed by atoms with Crippen molar-refractivity contribution in [3.05, 3.63) is 83.7 Å². The van der Waals surface area contributed by atoms with Crippen LogP contribution in [0.15, 0.2) is 71.6 Å². The lowest BCUT2D eigenvalue weighted by Crippen LogP contribution is -2.45. The van der Waals surface area contributed by atoms with Gasteiger partial charge in [-0.2, -0.15) is 0 Å². The summed E-state index contributed by atoms with van der Waals surface area (Å²) in [5, 5.41) is 2.98. The summed E-state index contributed by atoms with van der Waals surface area (Å²) in [6.45, 7) is 5.36. The second kappa shape index (κ2) is 9.81. The van der Waals surface area contributed by atoms with Crippen molar-refractivity contribution < 1.29 is 27.1 Å². The van der Waals surface area contributed by atoms with E-state index in [1.807, 2.05) is 39.0 Å². The first-order valence-corrected chi connectivity index (χ1v) is 12.9. The van der Waals surface area contributed by atoms with Gasteiger partial charge in [-0.1, -0.05) is 12.1 Å². The molecular weight excluding hydrogens is 483 g/mol. The Kier molecular flexibility index (Phi) is 6.95. The Morgan fingerprint density at radius 3 is 2.42 bits per heavy atom. The van der Waals surface area contributed by atoms with Crippen molar-refractivity contribution in [1.82, 2.24) is 5.32 Å². The number of nitrogens with zero attached hydrogens (tertiary/aromatic N) is 1. The quantitative estimate of drug-likeness (QED) is 0.494. The highest BCUT2D eigenvalue weighted by atomic mass is 32.2. The number of anilines is 1. The minimum atomic E-state index is -4.15. The topological polar surface area (TPSA) is 84.9 Å². The minimum absolute atomic E-state index is 0.0200. The number of carbonyl (C=O) groups is 1. The van der Waals surface area contributed by atoms with E-state index >= 15 is 0 Å². The third-order valence-corrected chi connectivity index (χ3v) is 7.80. The molecule has 0 aromatic heterocycles. The summed E-state index contributed by atoms with van der Waals surface area (Å²) in [6, 6.07) is 16.3. The van der Waals surface area contributed by atoms with Crippen LogP contribution in [0.3, 0.4) is 0 Å². The van der Waals surface area contributed by atoms with Crippen molar-refractivity contribution in [2.24, 2.45) is 0 Å². The molecule has 7 nitrogen and oxygen atoms in total. The van der Waals surface area contributed by atoms with Gasteiger partial charge in [0.2, 0.25) is 5.91 Å². The summed E-state index contributed by atoms with van der Waals surface area (Å²) in [5.41, 5.74) is 1.51. The van der Waals surface area contributed by atoms with Crippen molar-refractivity contribution in [2.45, 2.75) is 43.7 Å². The largest absolute Gasteiger partial charge is 0.497 e. The standard InChI is InChI=1S/C27H29FN2O5S/c1-18-5-14-23-24(16-27(2,3)35-25(23)15-18)29-26(31)17-30(20-8-6-19(28)7-9-20)36(32,33)22-12-10-21(34-4)11-13-22/h5-15,24H,16-17H2,1-4H3,(H,29,31). The molecule has 0 spiro atoms. The molecule has 1 atom stereocenters. The van der Waals surface area contributed by atoms with Crippen LogP contribution in [-0.2, 0) is 14.8 Å². The summed E-state index contributed by atoms with van der Waals surface area (Å²) in [6.07, 6.45) is 0.510. The molecule has 36 heavy (non-hydrogen) atoms. The van der Waals surface area contributed by atoms with E-state index in [0.29, 0.717) is 17.9 Å². The van der Waals surface area contributed by atoms with Crippen LogP contribution >= 0.6 is 0 Å². The van der Waals surface area contributed by atoms with Gasteiger partial charge in [0.05, 0.1) is 23.7 Å². The number of carbonyl (C=O) groups excluding carboxylic acids is 1. The van der Waals surface area contributed by atoms with Gasteiger partial charge in [-0.15, -0.1) is 0 Å². The number of nitrogens with one attached hydrogen (secondary N) is 1. The molecule has 1 aliphatic heterocycles. The lowest BCUT2D eigenvalue weighted by molar-refractivity contribution is -0.120. The third kappa shape index (κ3) is 5.46. The van der Waals surface area contributed by atoms with E-state index in [-0.39, 0.29) is 16.6 Å². The zero-order chi connectivity index (χ0) is 26.1. The van der Waals surface area contributed by atoms with Gasteiger partial charge in [-0.25, -0.2) is 12.8 Å². The zero-order valence-electron chi connectivity index (χ0n) is 20.6. The highest BCUT2D eigenvalue weighted by molar-refractivity contribution is 7.92. The van der Waals surface area contributed by atoms with Gasteiger partial charge in [-0.3, -0.25) is 9.10 Å². The second-order valence-corrected chi connectivity index (χ2v) is 11.3. The van der Waals surface area contributed by atoms with Crippen LogP contribution in [0.25, 0.3) is 0 Å². The summed E-state index contributed by atoms with van der Waals surface area (Å²) in [4.78, 5) is 13.3. The van der Waals surface area contributed by atoms with Gasteiger partial charge in [-0.05, 0) is 80.9 Å². The van der Waals surface area contributed by atoms with Gasteiger partial charge < -0.3 is 14.8 Å². The number of rotatable bonds is 7. The van der Waals surface area contributed by atoms with Crippen LogP contribution in [0.5, 0.6) is 11.5 Å². The fraction of sp³-hybridized carbons (Fsp3) is 0.296. The fourth-order valence-electron chi connectivity index (χ4n) is 4.26. The van der Waals surface area contributed by atoms with Gasteiger partial charge in [0.15, 0.2) is 0 Å². The first-order chi connectivity index (χ1) is 17.0. The lowest BCUT2D eigenvalue weighted by atomic mass is 9.89. The number of halogens is 1. The van der Waals surface area contributed by atoms with E-state index in [1.165, 1.54) is 43.5 Å². The molecule has 0 saturated heterocycles. The monoisotopic (exact) mass is 512 g/mol. The van der Waals surface area contributed by atoms with Crippen LogP contribution in [0.4, 0.5) is 10.1 Å². The maximum Gasteiger partial charge on any atom is 0.264 e. The fourth-order valence-corrected chi connectivity index (χ4v) is 5.68. The molecule has 0 bridgehead atoms. The Morgan fingerprint density at radius 2 is 1.78 bits per heavy atom. The number of sulfonamides is 1. The average molecular weight is 513 g/mol. The number of benzene rings is 3. The van der Waals surface area contributed by atoms with Gasteiger partial charge in [0, 0.05) is 12.0 Å². The van der Waals surface area contributed by atoms with E-state index in [9.17, 15) is 17.6 Å². The molecule has 1 aliphatic rings. The maximum atomic E-state index is 13.6. The molecule has 190 valence electrons. The van der Waals surface area contributed by atoms with Crippen LogP contribution in [0.1, 0.15) is 37.4 Å². The summed E-state index contributed by atoms with van der Waals surface area (Å²) in [5.74, 6) is 0.181. The van der Waals surface area contributed by atoms with Crippen LogP contribution < -0.4 is 19.1 Å². The van der Waals surface area contributed by atoms with Crippen LogP contribution in [-0.4, -0.2) is 33.6 Å². The predicted molar refractivity (Wildman–Crippen MR) is 135 cm³/mol. The molecule has 9 heteroatoms. The molecule has 0 fully saturated rings. The SMILES string of the molecule is COc1ccc(S(=O)(=O)N(CC(=O)NC2CC(C)(C)Oc3cc(C)ccc32)c2ccc(F)cc2)cc1. The molecule has 0 radical (unpaired) electrons. The highest BCUT2D eigenvalue weighted by Gasteiger charge is 2.35. The van der Waals surface area contributed by atoms with Crippen LogP contribution in [0, 0.1) is 12.7 Å². The van der Waals surface area contributed by atoms with E-state index < -0.39 is 33.9 Å². The number of hydrogen-bond acceptors (Lipinski definition) is 5. The highest BCUT2D eigenvalue weighted by Crippen LogP contribution is 2.40. The number of aryl methyl sites for hydroxylation is 1. The number of amides is 1. The molecule has 0 saturated carbocycles. The van der Waals surface area contributed by atoms with E-state index in [2.05, 4.69) is 5.32 Å². The minimum Gasteiger partial charge on any atom is -0.497 e. The smallest absolute Gasteiger partial charge is 0.264 e. The van der Waals surface area contributed by atoms with Gasteiger partial charge in [0.1, 0.15) is 29.5 Å². The lowest BCUT2D eigenvalue weighted by Gasteiger charge is -2.38. The molecule has 1 amide bonds. The normalized spacial score (nSPS) is 16.4. The molecule has 1 N–H and O–H groups in total. The third-order valence-electron chi connectivity index (χ3n) is 6.01. The first-order valence-electron chi connectivity index (χ1n) is 11.5. The number of ether oxygens (including phenoxy) is 2. The molecule has 0 aliphatic carbocycles. The van der Waals surface area contributed by atoms with Crippen molar-refractivity contribution in [2.75, 3.05) is 18.0 Å². The summed E-state index contributed by atoms with van der Waals surface area (Å²) < 4.78 is 52.9. The van der Waals surface area contributed by atoms with Crippen molar-refractivity contribution >= 4 is 21.6 Å². The zero-order valence-corrected chi connectivity index (χ0v) is 21.4. The molecule has 4 rings (SSSR count). The molecule has 3 aromatic carbocycles. The van der Waals surface area contributed by atoms with Crippen molar-refractivity contribution in [1.29, 1.82) is 0 Å². The molecule has 1 unspecified atom stereocenters. The van der Waals surface area contributed by atoms with Gasteiger partial charge in [0.25, 0.3) is 10.0 Å². The van der Waals surface area contributed by atoms with Crippen molar-refractivity contribution in [3.63, 3.8) is 0 Å². The first kappa shape index (κ1) is 25.5. The Morgan fingerprint density at radius 1 is 1.11 bits per heavy atom. The molecular formula is C27H29FN2O5S. The molecule has 3 aromatic rings. The number of methoxy groups -OCH3 is 1. The van der Waals surface area contributed by atoms with Crippen LogP contribution in [0.2, 0.25) is 0 Å². The van der Waals surface area contributed by atoms with E-state index in [4.69, 9.17) is 9.47 Å². The number of hydrogen-bond donors (Lipinski definition) is 1. The van der Waals surface area contributed by atoms with Gasteiger partial charge >= 0.3 is 0 Å². The maximum absolute atomic E-state index is 13.6.